The lowest BCUT2D eigenvalue weighted by Crippen LogP contribution is -2.48. The number of hydrogen-bond donors (Lipinski definition) is 2. The smallest absolute Gasteiger partial charge is 0.310 e. The largest absolute Gasteiger partial charge is 0.469 e. The zero-order valence-electron chi connectivity index (χ0n) is 12.9. The van der Waals surface area contributed by atoms with Gasteiger partial charge in [-0.1, -0.05) is 6.42 Å². The predicted octanol–water partition coefficient (Wildman–Crippen LogP) is 0.162. The van der Waals surface area contributed by atoms with Gasteiger partial charge in [-0.2, -0.15) is 0 Å². The van der Waals surface area contributed by atoms with Crippen molar-refractivity contribution in [3.05, 3.63) is 0 Å². The average molecular weight is 320 g/mol. The fourth-order valence-corrected chi connectivity index (χ4v) is 4.16. The molecular formula is C13H24N2O5S. The Labute approximate surface area is 125 Å². The van der Waals surface area contributed by atoms with Crippen LogP contribution >= 0.6 is 0 Å². The molecule has 0 spiro atoms. The molecule has 0 aromatic carbocycles. The normalized spacial score (nSPS) is 22.9. The summed E-state index contributed by atoms with van der Waals surface area (Å²) in [6.45, 7) is 5.10. The molecule has 122 valence electrons. The van der Waals surface area contributed by atoms with Crippen molar-refractivity contribution in [1.29, 1.82) is 0 Å². The number of rotatable bonds is 5. The van der Waals surface area contributed by atoms with Gasteiger partial charge >= 0.3 is 5.97 Å². The highest BCUT2D eigenvalue weighted by Gasteiger charge is 2.42. The van der Waals surface area contributed by atoms with Gasteiger partial charge in [-0.15, -0.1) is 0 Å². The fourth-order valence-electron chi connectivity index (χ4n) is 2.45. The van der Waals surface area contributed by atoms with E-state index in [-0.39, 0.29) is 6.54 Å². The zero-order valence-corrected chi connectivity index (χ0v) is 13.7. The SMILES string of the molecule is COC(=O)C1CCCC1S(=O)(=O)NCC(=O)NC(C)(C)C. The van der Waals surface area contributed by atoms with Crippen LogP contribution < -0.4 is 10.0 Å². The molecule has 2 atom stereocenters. The van der Waals surface area contributed by atoms with Crippen molar-refractivity contribution in [2.24, 2.45) is 5.92 Å². The molecule has 8 heteroatoms. The highest BCUT2D eigenvalue weighted by Crippen LogP contribution is 2.31. The Hall–Kier alpha value is -1.15. The Bertz CT molecular complexity index is 495. The summed E-state index contributed by atoms with van der Waals surface area (Å²) >= 11 is 0. The second-order valence-electron chi connectivity index (χ2n) is 6.26. The molecule has 1 aliphatic carbocycles. The maximum absolute atomic E-state index is 12.2. The minimum atomic E-state index is -3.73. The van der Waals surface area contributed by atoms with Crippen LogP contribution in [-0.2, 0) is 24.3 Å². The molecule has 1 rings (SSSR count). The molecule has 7 nitrogen and oxygen atoms in total. The molecule has 1 fully saturated rings. The molecule has 0 heterocycles. The molecule has 1 saturated carbocycles. The average Bonchev–Trinajstić information content (AvgIpc) is 2.83. The molecular weight excluding hydrogens is 296 g/mol. The third-order valence-corrected chi connectivity index (χ3v) is 5.21. The van der Waals surface area contributed by atoms with Crippen LogP contribution in [0, 0.1) is 5.92 Å². The van der Waals surface area contributed by atoms with Crippen LogP contribution in [0.5, 0.6) is 0 Å². The van der Waals surface area contributed by atoms with E-state index in [1.165, 1.54) is 7.11 Å². The summed E-state index contributed by atoms with van der Waals surface area (Å²) in [5, 5.41) is 1.84. The number of esters is 1. The van der Waals surface area contributed by atoms with Crippen LogP contribution in [0.25, 0.3) is 0 Å². The number of methoxy groups -OCH3 is 1. The third kappa shape index (κ3) is 5.28. The number of nitrogens with one attached hydrogen (secondary N) is 2. The number of carbonyl (C=O) groups is 2. The number of hydrogen-bond acceptors (Lipinski definition) is 5. The molecule has 2 unspecified atom stereocenters. The zero-order chi connectivity index (χ0) is 16.3. The summed E-state index contributed by atoms with van der Waals surface area (Å²) in [6.07, 6.45) is 1.54. The molecule has 0 saturated heterocycles. The van der Waals surface area contributed by atoms with Gasteiger partial charge in [0, 0.05) is 5.54 Å². The molecule has 0 aromatic rings. The first kappa shape index (κ1) is 17.9. The number of carbonyl (C=O) groups excluding carboxylic acids is 2. The van der Waals surface area contributed by atoms with E-state index in [1.54, 1.807) is 0 Å². The molecule has 0 aliphatic heterocycles. The molecule has 1 amide bonds. The van der Waals surface area contributed by atoms with E-state index in [9.17, 15) is 18.0 Å². The van der Waals surface area contributed by atoms with Crippen LogP contribution in [-0.4, -0.2) is 44.7 Å². The van der Waals surface area contributed by atoms with E-state index in [0.29, 0.717) is 19.3 Å². The van der Waals surface area contributed by atoms with Crippen LogP contribution in [0.3, 0.4) is 0 Å². The van der Waals surface area contributed by atoms with Gasteiger partial charge in [0.2, 0.25) is 15.9 Å². The highest BCUT2D eigenvalue weighted by atomic mass is 32.2. The summed E-state index contributed by atoms with van der Waals surface area (Å²) in [4.78, 5) is 23.3. The van der Waals surface area contributed by atoms with E-state index in [0.717, 1.165) is 0 Å². The lowest BCUT2D eigenvalue weighted by molar-refractivity contribution is -0.145. The summed E-state index contributed by atoms with van der Waals surface area (Å²) < 4.78 is 31.4. The van der Waals surface area contributed by atoms with Crippen molar-refractivity contribution in [2.45, 2.75) is 50.8 Å². The lowest BCUT2D eigenvalue weighted by atomic mass is 10.1. The van der Waals surface area contributed by atoms with Crippen molar-refractivity contribution in [3.63, 3.8) is 0 Å². The van der Waals surface area contributed by atoms with E-state index in [2.05, 4.69) is 14.8 Å². The predicted molar refractivity (Wildman–Crippen MR) is 78.0 cm³/mol. The first-order valence-electron chi connectivity index (χ1n) is 6.94. The second kappa shape index (κ2) is 6.74. The van der Waals surface area contributed by atoms with Crippen molar-refractivity contribution >= 4 is 21.9 Å². The van der Waals surface area contributed by atoms with Gasteiger partial charge < -0.3 is 10.1 Å². The van der Waals surface area contributed by atoms with Gasteiger partial charge in [-0.3, -0.25) is 9.59 Å². The Morgan fingerprint density at radius 1 is 1.24 bits per heavy atom. The molecule has 0 radical (unpaired) electrons. The number of amides is 1. The lowest BCUT2D eigenvalue weighted by Gasteiger charge is -2.22. The molecule has 0 aromatic heterocycles. The van der Waals surface area contributed by atoms with Gasteiger partial charge in [-0.25, -0.2) is 13.1 Å². The minimum Gasteiger partial charge on any atom is -0.469 e. The summed E-state index contributed by atoms with van der Waals surface area (Å²) in [7, 11) is -2.48. The molecule has 1 aliphatic rings. The highest BCUT2D eigenvalue weighted by molar-refractivity contribution is 7.90. The summed E-state index contributed by atoms with van der Waals surface area (Å²) in [6, 6.07) is 0. The number of ether oxygens (including phenoxy) is 1. The fraction of sp³-hybridized carbons (Fsp3) is 0.846. The Morgan fingerprint density at radius 3 is 2.38 bits per heavy atom. The van der Waals surface area contributed by atoms with Crippen LogP contribution in [0.15, 0.2) is 0 Å². The minimum absolute atomic E-state index is 0.329. The van der Waals surface area contributed by atoms with Gasteiger partial charge in [0.15, 0.2) is 0 Å². The van der Waals surface area contributed by atoms with Crippen molar-refractivity contribution in [1.82, 2.24) is 10.0 Å². The van der Waals surface area contributed by atoms with Crippen LogP contribution in [0.4, 0.5) is 0 Å². The van der Waals surface area contributed by atoms with Crippen LogP contribution in [0.2, 0.25) is 0 Å². The monoisotopic (exact) mass is 320 g/mol. The van der Waals surface area contributed by atoms with E-state index in [4.69, 9.17) is 0 Å². The number of sulfonamides is 1. The maximum Gasteiger partial charge on any atom is 0.310 e. The van der Waals surface area contributed by atoms with Gasteiger partial charge in [0.1, 0.15) is 0 Å². The quantitative estimate of drug-likeness (QED) is 0.703. The van der Waals surface area contributed by atoms with Gasteiger partial charge in [0.05, 0.1) is 24.8 Å². The van der Waals surface area contributed by atoms with Crippen molar-refractivity contribution < 1.29 is 22.7 Å². The first-order valence-corrected chi connectivity index (χ1v) is 8.49. The van der Waals surface area contributed by atoms with Crippen molar-refractivity contribution in [3.8, 4) is 0 Å². The van der Waals surface area contributed by atoms with Gasteiger partial charge in [0.25, 0.3) is 0 Å². The molecule has 2 N–H and O–H groups in total. The van der Waals surface area contributed by atoms with E-state index < -0.39 is 38.6 Å². The van der Waals surface area contributed by atoms with E-state index in [1.807, 2.05) is 20.8 Å². The first-order chi connectivity index (χ1) is 9.57. The van der Waals surface area contributed by atoms with Crippen molar-refractivity contribution in [2.75, 3.05) is 13.7 Å². The second-order valence-corrected chi connectivity index (χ2v) is 8.25. The summed E-state index contributed by atoms with van der Waals surface area (Å²) in [5.41, 5.74) is -0.426. The Kier molecular flexibility index (Phi) is 5.75. The topological polar surface area (TPSA) is 102 Å². The van der Waals surface area contributed by atoms with E-state index >= 15 is 0 Å². The summed E-state index contributed by atoms with van der Waals surface area (Å²) in [5.74, 6) is -1.57. The standard InChI is InChI=1S/C13H24N2O5S/c1-13(2,3)15-11(16)8-14-21(18,19)10-7-5-6-9(10)12(17)20-4/h9-10,14H,5-8H2,1-4H3,(H,15,16). The Morgan fingerprint density at radius 2 is 1.86 bits per heavy atom. The maximum atomic E-state index is 12.2. The Balaban J connectivity index is 2.65. The molecule has 21 heavy (non-hydrogen) atoms. The molecule has 0 bridgehead atoms. The third-order valence-electron chi connectivity index (χ3n) is 3.30. The van der Waals surface area contributed by atoms with Gasteiger partial charge in [-0.05, 0) is 33.6 Å². The van der Waals surface area contributed by atoms with Crippen LogP contribution in [0.1, 0.15) is 40.0 Å².